The number of benzene rings is 1. The molecule has 1 heterocycles. The molecule has 0 unspecified atom stereocenters. The Kier molecular flexibility index (Phi) is 3.22. The quantitative estimate of drug-likeness (QED) is 0.662. The van der Waals surface area contributed by atoms with E-state index in [4.69, 9.17) is 17.3 Å². The first-order chi connectivity index (χ1) is 8.00. The molecule has 0 radical (unpaired) electrons. The summed E-state index contributed by atoms with van der Waals surface area (Å²) in [6, 6.07) is 7.27. The highest BCUT2D eigenvalue weighted by Gasteiger charge is 2.16. The van der Waals surface area contributed by atoms with Crippen molar-refractivity contribution in [1.29, 1.82) is 0 Å². The highest BCUT2D eigenvalue weighted by molar-refractivity contribution is 7.18. The van der Waals surface area contributed by atoms with Crippen LogP contribution in [0.15, 0.2) is 24.3 Å². The first kappa shape index (κ1) is 12.1. The number of aryl methyl sites for hydroxylation is 2. The normalized spacial score (nSPS) is 10.5. The Hall–Kier alpha value is -1.32. The third kappa shape index (κ3) is 2.21. The maximum absolute atomic E-state index is 12.3. The Morgan fingerprint density at radius 1 is 1.29 bits per heavy atom. The van der Waals surface area contributed by atoms with E-state index in [9.17, 15) is 4.79 Å². The van der Waals surface area contributed by atoms with Gasteiger partial charge in [0.1, 0.15) is 0 Å². The Morgan fingerprint density at radius 2 is 2.00 bits per heavy atom. The third-order valence-electron chi connectivity index (χ3n) is 2.65. The second-order valence-corrected chi connectivity index (χ2v) is 5.59. The van der Waals surface area contributed by atoms with E-state index in [0.717, 1.165) is 11.1 Å². The summed E-state index contributed by atoms with van der Waals surface area (Å²) in [7, 11) is 0. The van der Waals surface area contributed by atoms with Gasteiger partial charge in [0, 0.05) is 11.3 Å². The van der Waals surface area contributed by atoms with E-state index in [0.29, 0.717) is 20.5 Å². The molecule has 2 N–H and O–H groups in total. The monoisotopic (exact) mass is 265 g/mol. The molecular formula is C13H12ClNOS. The molecule has 17 heavy (non-hydrogen) atoms. The minimum absolute atomic E-state index is 0.0637. The van der Waals surface area contributed by atoms with Gasteiger partial charge in [-0.1, -0.05) is 23.7 Å². The number of halogens is 1. The zero-order valence-corrected chi connectivity index (χ0v) is 11.2. The van der Waals surface area contributed by atoms with Crippen LogP contribution in [0.2, 0.25) is 4.34 Å². The minimum atomic E-state index is -0.0637. The van der Waals surface area contributed by atoms with Crippen molar-refractivity contribution in [2.75, 3.05) is 5.73 Å². The fourth-order valence-electron chi connectivity index (χ4n) is 1.58. The number of anilines is 1. The van der Waals surface area contributed by atoms with Crippen LogP contribution in [-0.4, -0.2) is 5.78 Å². The van der Waals surface area contributed by atoms with Crippen LogP contribution < -0.4 is 5.73 Å². The molecule has 0 aliphatic heterocycles. The van der Waals surface area contributed by atoms with Crippen LogP contribution in [0.1, 0.15) is 26.4 Å². The molecule has 0 atom stereocenters. The molecule has 1 aromatic carbocycles. The Bertz CT molecular complexity index is 570. The lowest BCUT2D eigenvalue weighted by Gasteiger charge is -2.05. The van der Waals surface area contributed by atoms with Gasteiger partial charge < -0.3 is 5.73 Å². The van der Waals surface area contributed by atoms with Crippen LogP contribution in [-0.2, 0) is 0 Å². The molecule has 0 spiro atoms. The summed E-state index contributed by atoms with van der Waals surface area (Å²) < 4.78 is 0.652. The molecule has 0 aliphatic rings. The number of carbonyl (C=O) groups is 1. The number of nitrogens with two attached hydrogens (primary N) is 1. The van der Waals surface area contributed by atoms with Gasteiger partial charge in [-0.3, -0.25) is 4.79 Å². The van der Waals surface area contributed by atoms with Gasteiger partial charge in [0.15, 0.2) is 0 Å². The van der Waals surface area contributed by atoms with Crippen LogP contribution >= 0.6 is 22.9 Å². The van der Waals surface area contributed by atoms with E-state index < -0.39 is 0 Å². The van der Waals surface area contributed by atoms with Crippen molar-refractivity contribution >= 4 is 34.4 Å². The average Bonchev–Trinajstić information content (AvgIpc) is 2.62. The van der Waals surface area contributed by atoms with Crippen molar-refractivity contribution in [3.63, 3.8) is 0 Å². The molecule has 2 aromatic rings. The standard InChI is InChI=1S/C13H12ClNOS/c1-7-4-3-5-9(11(7)15)12(16)10-6-8(2)13(14)17-10/h3-6H,15H2,1-2H3. The fraction of sp³-hybridized carbons (Fsp3) is 0.154. The van der Waals surface area contributed by atoms with Gasteiger partial charge in [0.25, 0.3) is 0 Å². The summed E-state index contributed by atoms with van der Waals surface area (Å²) >= 11 is 7.26. The first-order valence-electron chi connectivity index (χ1n) is 5.16. The van der Waals surface area contributed by atoms with Crippen molar-refractivity contribution in [1.82, 2.24) is 0 Å². The number of carbonyl (C=O) groups excluding carboxylic acids is 1. The van der Waals surface area contributed by atoms with Gasteiger partial charge >= 0.3 is 0 Å². The molecule has 0 fully saturated rings. The van der Waals surface area contributed by atoms with E-state index in [-0.39, 0.29) is 5.78 Å². The number of nitrogen functional groups attached to an aromatic ring is 1. The first-order valence-corrected chi connectivity index (χ1v) is 6.36. The maximum atomic E-state index is 12.3. The maximum Gasteiger partial charge on any atom is 0.205 e. The predicted molar refractivity (Wildman–Crippen MR) is 73.1 cm³/mol. The number of thiophene rings is 1. The Balaban J connectivity index is 2.47. The molecule has 0 bridgehead atoms. The fourth-order valence-corrected chi connectivity index (χ4v) is 2.74. The summed E-state index contributed by atoms with van der Waals surface area (Å²) in [5.41, 5.74) is 8.84. The third-order valence-corrected chi connectivity index (χ3v) is 4.20. The minimum Gasteiger partial charge on any atom is -0.398 e. The van der Waals surface area contributed by atoms with E-state index >= 15 is 0 Å². The van der Waals surface area contributed by atoms with E-state index in [2.05, 4.69) is 0 Å². The molecule has 1 aromatic heterocycles. The summed E-state index contributed by atoms with van der Waals surface area (Å²) in [4.78, 5) is 12.9. The van der Waals surface area contributed by atoms with Crippen molar-refractivity contribution in [3.05, 3.63) is 50.2 Å². The average molecular weight is 266 g/mol. The zero-order valence-electron chi connectivity index (χ0n) is 9.58. The predicted octanol–water partition coefficient (Wildman–Crippen LogP) is 3.83. The van der Waals surface area contributed by atoms with Crippen molar-refractivity contribution in [2.24, 2.45) is 0 Å². The lowest BCUT2D eigenvalue weighted by Crippen LogP contribution is -2.04. The lowest BCUT2D eigenvalue weighted by molar-refractivity contribution is 0.104. The molecule has 2 nitrogen and oxygen atoms in total. The van der Waals surface area contributed by atoms with Gasteiger partial charge in [-0.2, -0.15) is 0 Å². The number of hydrogen-bond donors (Lipinski definition) is 1. The largest absolute Gasteiger partial charge is 0.398 e. The Labute approximate surface area is 109 Å². The van der Waals surface area contributed by atoms with Gasteiger partial charge in [-0.05, 0) is 37.1 Å². The Morgan fingerprint density at radius 3 is 2.59 bits per heavy atom. The molecule has 0 saturated heterocycles. The number of para-hydroxylation sites is 1. The molecule has 0 aliphatic carbocycles. The molecule has 2 rings (SSSR count). The molecule has 0 amide bonds. The van der Waals surface area contributed by atoms with Gasteiger partial charge in [-0.25, -0.2) is 0 Å². The van der Waals surface area contributed by atoms with E-state index in [1.807, 2.05) is 26.0 Å². The zero-order chi connectivity index (χ0) is 12.6. The number of hydrogen-bond acceptors (Lipinski definition) is 3. The van der Waals surface area contributed by atoms with Crippen LogP contribution in [0.3, 0.4) is 0 Å². The molecule has 0 saturated carbocycles. The van der Waals surface area contributed by atoms with Crippen LogP contribution in [0.4, 0.5) is 5.69 Å². The van der Waals surface area contributed by atoms with E-state index in [1.54, 1.807) is 12.1 Å². The molecule has 88 valence electrons. The smallest absolute Gasteiger partial charge is 0.205 e. The van der Waals surface area contributed by atoms with Crippen LogP contribution in [0.25, 0.3) is 0 Å². The second kappa shape index (κ2) is 4.51. The highest BCUT2D eigenvalue weighted by Crippen LogP contribution is 2.30. The number of rotatable bonds is 2. The van der Waals surface area contributed by atoms with Gasteiger partial charge in [0.2, 0.25) is 5.78 Å². The van der Waals surface area contributed by atoms with Crippen molar-refractivity contribution in [3.8, 4) is 0 Å². The summed E-state index contributed by atoms with van der Waals surface area (Å²) in [6.07, 6.45) is 0. The summed E-state index contributed by atoms with van der Waals surface area (Å²) in [5, 5.41) is 0. The molecular weight excluding hydrogens is 254 g/mol. The SMILES string of the molecule is Cc1cc(C(=O)c2cccc(C)c2N)sc1Cl. The topological polar surface area (TPSA) is 43.1 Å². The van der Waals surface area contributed by atoms with Crippen LogP contribution in [0, 0.1) is 13.8 Å². The lowest BCUT2D eigenvalue weighted by atomic mass is 10.0. The molecule has 4 heteroatoms. The van der Waals surface area contributed by atoms with Gasteiger partial charge in [-0.15, -0.1) is 11.3 Å². The van der Waals surface area contributed by atoms with Gasteiger partial charge in [0.05, 0.1) is 9.21 Å². The summed E-state index contributed by atoms with van der Waals surface area (Å²) in [5.74, 6) is -0.0637. The second-order valence-electron chi connectivity index (χ2n) is 3.93. The van der Waals surface area contributed by atoms with Crippen LogP contribution in [0.5, 0.6) is 0 Å². The highest BCUT2D eigenvalue weighted by atomic mass is 35.5. The summed E-state index contributed by atoms with van der Waals surface area (Å²) in [6.45, 7) is 3.77. The van der Waals surface area contributed by atoms with E-state index in [1.165, 1.54) is 11.3 Å². The van der Waals surface area contributed by atoms with Crippen molar-refractivity contribution in [2.45, 2.75) is 13.8 Å². The number of ketones is 1. The van der Waals surface area contributed by atoms with Crippen molar-refractivity contribution < 1.29 is 4.79 Å².